The first-order chi connectivity index (χ1) is 13.5. The van der Waals surface area contributed by atoms with Crippen LogP contribution in [-0.2, 0) is 4.79 Å². The molecule has 1 fully saturated rings. The summed E-state index contributed by atoms with van der Waals surface area (Å²) in [5.41, 5.74) is 4.67. The molecule has 5 nitrogen and oxygen atoms in total. The van der Waals surface area contributed by atoms with E-state index in [9.17, 15) is 4.79 Å². The monoisotopic (exact) mass is 377 g/mol. The number of carbonyl (C=O) groups excluding carboxylic acids is 1. The minimum absolute atomic E-state index is 0.241. The van der Waals surface area contributed by atoms with Crippen LogP contribution in [0.5, 0.6) is 0 Å². The summed E-state index contributed by atoms with van der Waals surface area (Å²) in [6.07, 6.45) is 2.04. The maximum atomic E-state index is 11.2. The van der Waals surface area contributed by atoms with Gasteiger partial charge in [0.05, 0.1) is 11.4 Å². The maximum absolute atomic E-state index is 11.2. The minimum atomic E-state index is 0.241. The average Bonchev–Trinajstić information content (AvgIpc) is 2.72. The molecule has 28 heavy (non-hydrogen) atoms. The molecule has 0 aromatic heterocycles. The maximum Gasteiger partial charge on any atom is 0.317 e. The number of benzene rings is 2. The van der Waals surface area contributed by atoms with E-state index in [0.717, 1.165) is 49.8 Å². The van der Waals surface area contributed by atoms with Gasteiger partial charge < -0.3 is 14.7 Å². The normalized spacial score (nSPS) is 18.2. The number of hydrogen-bond donors (Lipinski definition) is 0. The minimum Gasteiger partial charge on any atom is -0.369 e. The molecule has 2 aromatic rings. The lowest BCUT2D eigenvalue weighted by Crippen LogP contribution is -2.53. The van der Waals surface area contributed by atoms with Crippen LogP contribution in [-0.4, -0.2) is 56.1 Å². The third kappa shape index (κ3) is 3.59. The van der Waals surface area contributed by atoms with Gasteiger partial charge in [0.25, 0.3) is 0 Å². The Morgan fingerprint density at radius 3 is 1.96 bits per heavy atom. The molecule has 1 saturated heterocycles. The second-order valence-corrected chi connectivity index (χ2v) is 8.54. The van der Waals surface area contributed by atoms with Crippen molar-refractivity contribution in [2.75, 3.05) is 54.0 Å². The van der Waals surface area contributed by atoms with Crippen molar-refractivity contribution in [3.05, 3.63) is 48.5 Å². The summed E-state index contributed by atoms with van der Waals surface area (Å²) in [5.74, 6) is 0. The van der Waals surface area contributed by atoms with Crippen molar-refractivity contribution in [2.24, 2.45) is 0 Å². The Hall–Kier alpha value is -2.53. The zero-order valence-electron chi connectivity index (χ0n) is 17.1. The van der Waals surface area contributed by atoms with Gasteiger partial charge in [0.1, 0.15) is 0 Å². The number of amides is 1. The van der Waals surface area contributed by atoms with Crippen LogP contribution in [0.4, 0.5) is 22.7 Å². The van der Waals surface area contributed by atoms with Crippen LogP contribution >= 0.6 is 0 Å². The number of anilines is 4. The zero-order chi connectivity index (χ0) is 19.7. The molecule has 1 amide bonds. The van der Waals surface area contributed by atoms with E-state index in [0.29, 0.717) is 6.54 Å². The zero-order valence-corrected chi connectivity index (χ0v) is 17.1. The molecule has 147 valence electrons. The molecular weight excluding hydrogens is 348 g/mol. The molecule has 0 saturated carbocycles. The van der Waals surface area contributed by atoms with Gasteiger partial charge in [-0.15, -0.1) is 0 Å². The van der Waals surface area contributed by atoms with E-state index >= 15 is 0 Å². The predicted octanol–water partition coefficient (Wildman–Crippen LogP) is 3.63. The highest BCUT2D eigenvalue weighted by atomic mass is 16.1. The summed E-state index contributed by atoms with van der Waals surface area (Å²) in [4.78, 5) is 20.2. The van der Waals surface area contributed by atoms with Gasteiger partial charge >= 0.3 is 6.41 Å². The van der Waals surface area contributed by atoms with Crippen molar-refractivity contribution >= 4 is 29.2 Å². The highest BCUT2D eigenvalue weighted by Gasteiger charge is 2.26. The Morgan fingerprint density at radius 1 is 0.750 bits per heavy atom. The fraction of sp³-hybridized carbons (Fsp3) is 0.435. The standard InChI is InChI=1S/C23H29N4O/c1-23(2,3)26-15-12-24(13-16-26)19-8-10-20(11-9-19)27-17-14-25(18-28)21-6-4-5-7-22(21)27/h4-11H,12-17H2,1-3H3. The molecule has 2 aliphatic rings. The average molecular weight is 378 g/mol. The molecule has 5 heteroatoms. The highest BCUT2D eigenvalue weighted by molar-refractivity contribution is 5.88. The van der Waals surface area contributed by atoms with Gasteiger partial charge in [0.2, 0.25) is 0 Å². The fourth-order valence-electron chi connectivity index (χ4n) is 4.20. The quantitative estimate of drug-likeness (QED) is 0.817. The molecule has 0 unspecified atom stereocenters. The molecule has 1 radical (unpaired) electrons. The first-order valence-corrected chi connectivity index (χ1v) is 10.1. The summed E-state index contributed by atoms with van der Waals surface area (Å²) in [5, 5.41) is 0. The Labute approximate surface area is 168 Å². The lowest BCUT2D eigenvalue weighted by atomic mass is 10.0. The Morgan fingerprint density at radius 2 is 1.36 bits per heavy atom. The van der Waals surface area contributed by atoms with Crippen LogP contribution in [0.2, 0.25) is 0 Å². The number of hydrogen-bond acceptors (Lipinski definition) is 4. The van der Waals surface area contributed by atoms with Crippen molar-refractivity contribution in [3.8, 4) is 0 Å². The molecule has 0 atom stereocenters. The molecule has 0 bridgehead atoms. The van der Waals surface area contributed by atoms with Crippen LogP contribution in [0.3, 0.4) is 0 Å². The molecule has 2 aromatic carbocycles. The van der Waals surface area contributed by atoms with E-state index in [4.69, 9.17) is 0 Å². The van der Waals surface area contributed by atoms with Gasteiger partial charge in [-0.1, -0.05) is 12.1 Å². The third-order valence-corrected chi connectivity index (χ3v) is 5.88. The lowest BCUT2D eigenvalue weighted by Gasteiger charge is -2.43. The van der Waals surface area contributed by atoms with Crippen molar-refractivity contribution < 1.29 is 4.79 Å². The summed E-state index contributed by atoms with van der Waals surface area (Å²) >= 11 is 0. The van der Waals surface area contributed by atoms with E-state index in [1.807, 2.05) is 24.6 Å². The van der Waals surface area contributed by atoms with Crippen molar-refractivity contribution in [3.63, 3.8) is 0 Å². The summed E-state index contributed by atoms with van der Waals surface area (Å²) in [7, 11) is 0. The van der Waals surface area contributed by atoms with Crippen molar-refractivity contribution in [1.29, 1.82) is 0 Å². The van der Waals surface area contributed by atoms with Crippen LogP contribution in [0, 0.1) is 0 Å². The lowest BCUT2D eigenvalue weighted by molar-refractivity contribution is 0.128. The Kier molecular flexibility index (Phi) is 5.02. The van der Waals surface area contributed by atoms with Crippen molar-refractivity contribution in [1.82, 2.24) is 4.90 Å². The van der Waals surface area contributed by atoms with Gasteiger partial charge in [-0.05, 0) is 57.2 Å². The molecule has 2 aliphatic heterocycles. The summed E-state index contributed by atoms with van der Waals surface area (Å²) in [6, 6.07) is 16.9. The summed E-state index contributed by atoms with van der Waals surface area (Å²) < 4.78 is 0. The molecule has 0 spiro atoms. The highest BCUT2D eigenvalue weighted by Crippen LogP contribution is 2.37. The first kappa shape index (κ1) is 18.8. The van der Waals surface area contributed by atoms with Crippen LogP contribution < -0.4 is 14.7 Å². The third-order valence-electron chi connectivity index (χ3n) is 5.88. The first-order valence-electron chi connectivity index (χ1n) is 10.1. The topological polar surface area (TPSA) is 30.0 Å². The van der Waals surface area contributed by atoms with Crippen LogP contribution in [0.15, 0.2) is 48.5 Å². The number of fused-ring (bicyclic) bond motifs is 1. The molecule has 4 rings (SSSR count). The second-order valence-electron chi connectivity index (χ2n) is 8.54. The number of piperazine rings is 1. The second kappa shape index (κ2) is 7.47. The van der Waals surface area contributed by atoms with E-state index in [2.05, 4.69) is 65.8 Å². The van der Waals surface area contributed by atoms with Crippen molar-refractivity contribution in [2.45, 2.75) is 26.3 Å². The fourth-order valence-corrected chi connectivity index (χ4v) is 4.20. The number of para-hydroxylation sites is 2. The smallest absolute Gasteiger partial charge is 0.317 e. The largest absolute Gasteiger partial charge is 0.369 e. The molecule has 0 aliphatic carbocycles. The number of nitrogens with zero attached hydrogens (tertiary/aromatic N) is 4. The van der Waals surface area contributed by atoms with E-state index in [1.54, 1.807) is 4.90 Å². The van der Waals surface area contributed by atoms with Gasteiger partial charge in [-0.2, -0.15) is 0 Å². The van der Waals surface area contributed by atoms with Crippen LogP contribution in [0.1, 0.15) is 20.8 Å². The predicted molar refractivity (Wildman–Crippen MR) is 116 cm³/mol. The Balaban J connectivity index is 1.49. The van der Waals surface area contributed by atoms with Crippen LogP contribution in [0.25, 0.3) is 0 Å². The SMILES string of the molecule is CC(C)(C)N1CCN(c2ccc(N3CCN([C]=O)c4ccccc43)cc2)CC1. The van der Waals surface area contributed by atoms with Gasteiger partial charge in [0, 0.05) is 56.2 Å². The number of rotatable bonds is 3. The summed E-state index contributed by atoms with van der Waals surface area (Å²) in [6.45, 7) is 12.6. The Bertz CT molecular complexity index is 819. The molecule has 0 N–H and O–H groups in total. The van der Waals surface area contributed by atoms with E-state index in [-0.39, 0.29) is 5.54 Å². The van der Waals surface area contributed by atoms with Gasteiger partial charge in [-0.3, -0.25) is 9.69 Å². The van der Waals surface area contributed by atoms with E-state index in [1.165, 1.54) is 5.69 Å². The van der Waals surface area contributed by atoms with E-state index < -0.39 is 0 Å². The molecule has 2 heterocycles. The van der Waals surface area contributed by atoms with Gasteiger partial charge in [0.15, 0.2) is 0 Å². The molecular formula is C23H29N4O. The van der Waals surface area contributed by atoms with Gasteiger partial charge in [-0.25, -0.2) is 0 Å².